The molecular formula is C17H29N3. The van der Waals surface area contributed by atoms with Gasteiger partial charge in [0.05, 0.1) is 0 Å². The van der Waals surface area contributed by atoms with E-state index in [1.807, 2.05) is 0 Å². The van der Waals surface area contributed by atoms with Gasteiger partial charge in [0.15, 0.2) is 0 Å². The number of nitrogens with one attached hydrogen (secondary N) is 1. The Morgan fingerprint density at radius 3 is 2.75 bits per heavy atom. The normalized spacial score (nSPS) is 17.2. The molecule has 0 bridgehead atoms. The van der Waals surface area contributed by atoms with Crippen molar-refractivity contribution in [3.8, 4) is 0 Å². The lowest BCUT2D eigenvalue weighted by molar-refractivity contribution is 0.360. The molecule has 0 amide bonds. The molecule has 0 radical (unpaired) electrons. The Hall–Kier alpha value is -1.06. The summed E-state index contributed by atoms with van der Waals surface area (Å²) in [6, 6.07) is 6.94. The number of hydrogen-bond acceptors (Lipinski definition) is 3. The fourth-order valence-corrected chi connectivity index (χ4v) is 2.78. The van der Waals surface area contributed by atoms with E-state index >= 15 is 0 Å². The average Bonchev–Trinajstić information content (AvgIpc) is 2.65. The predicted molar refractivity (Wildman–Crippen MR) is 87.5 cm³/mol. The minimum Gasteiger partial charge on any atom is -0.370 e. The molecule has 20 heavy (non-hydrogen) atoms. The molecule has 3 heteroatoms. The third-order valence-electron chi connectivity index (χ3n) is 4.15. The zero-order valence-corrected chi connectivity index (χ0v) is 13.3. The van der Waals surface area contributed by atoms with E-state index in [4.69, 9.17) is 0 Å². The average molecular weight is 275 g/mol. The van der Waals surface area contributed by atoms with Crippen LogP contribution in [-0.4, -0.2) is 44.7 Å². The van der Waals surface area contributed by atoms with Crippen LogP contribution in [-0.2, 0) is 6.54 Å². The molecule has 1 heterocycles. The number of likely N-dealkylation sites (N-methyl/N-ethyl adjacent to an activating group) is 1. The van der Waals surface area contributed by atoms with Gasteiger partial charge < -0.3 is 15.1 Å². The fourth-order valence-electron chi connectivity index (χ4n) is 2.78. The Bertz CT molecular complexity index is 417. The molecular weight excluding hydrogens is 246 g/mol. The van der Waals surface area contributed by atoms with Gasteiger partial charge in [-0.2, -0.15) is 0 Å². The Kier molecular flexibility index (Phi) is 5.86. The van der Waals surface area contributed by atoms with Gasteiger partial charge in [-0.15, -0.1) is 0 Å². The van der Waals surface area contributed by atoms with Gasteiger partial charge in [-0.25, -0.2) is 0 Å². The van der Waals surface area contributed by atoms with Crippen molar-refractivity contribution in [3.63, 3.8) is 0 Å². The molecule has 1 aromatic rings. The maximum atomic E-state index is 3.49. The minimum absolute atomic E-state index is 0.989. The molecule has 1 N–H and O–H groups in total. The van der Waals surface area contributed by atoms with Gasteiger partial charge in [-0.3, -0.25) is 0 Å². The summed E-state index contributed by atoms with van der Waals surface area (Å²) in [5, 5.41) is 3.49. The van der Waals surface area contributed by atoms with E-state index in [1.165, 1.54) is 49.3 Å². The highest BCUT2D eigenvalue weighted by Gasteiger charge is 2.13. The fraction of sp³-hybridized carbons (Fsp3) is 0.647. The SMILES string of the molecule is CCCNCc1ccc(N2CCCN(C)CC2)cc1C. The van der Waals surface area contributed by atoms with Crippen molar-refractivity contribution >= 4 is 5.69 Å². The molecule has 0 saturated carbocycles. The van der Waals surface area contributed by atoms with E-state index < -0.39 is 0 Å². The summed E-state index contributed by atoms with van der Waals surface area (Å²) >= 11 is 0. The lowest BCUT2D eigenvalue weighted by Gasteiger charge is -2.24. The molecule has 112 valence electrons. The van der Waals surface area contributed by atoms with Crippen LogP contribution in [0, 0.1) is 6.92 Å². The maximum absolute atomic E-state index is 3.49. The molecule has 1 aliphatic heterocycles. The van der Waals surface area contributed by atoms with E-state index in [0.717, 1.165) is 19.6 Å². The minimum atomic E-state index is 0.989. The topological polar surface area (TPSA) is 18.5 Å². The second-order valence-electron chi connectivity index (χ2n) is 5.93. The Balaban J connectivity index is 2.00. The molecule has 0 spiro atoms. The molecule has 3 nitrogen and oxygen atoms in total. The highest BCUT2D eigenvalue weighted by Crippen LogP contribution is 2.20. The Labute approximate surface area is 124 Å². The molecule has 1 aliphatic rings. The van der Waals surface area contributed by atoms with E-state index in [1.54, 1.807) is 0 Å². The van der Waals surface area contributed by atoms with Crippen LogP contribution >= 0.6 is 0 Å². The summed E-state index contributed by atoms with van der Waals surface area (Å²) in [5.41, 5.74) is 4.22. The van der Waals surface area contributed by atoms with Gasteiger partial charge in [-0.05, 0) is 63.2 Å². The first-order valence-corrected chi connectivity index (χ1v) is 7.94. The molecule has 1 fully saturated rings. The highest BCUT2D eigenvalue weighted by molar-refractivity contribution is 5.51. The van der Waals surface area contributed by atoms with Gasteiger partial charge in [0, 0.05) is 31.9 Å². The molecule has 2 rings (SSSR count). The molecule has 1 saturated heterocycles. The highest BCUT2D eigenvalue weighted by atomic mass is 15.2. The first-order chi connectivity index (χ1) is 9.70. The van der Waals surface area contributed by atoms with Crippen LogP contribution in [0.15, 0.2) is 18.2 Å². The van der Waals surface area contributed by atoms with Gasteiger partial charge in [0.2, 0.25) is 0 Å². The van der Waals surface area contributed by atoms with E-state index in [0.29, 0.717) is 0 Å². The van der Waals surface area contributed by atoms with Gasteiger partial charge in [0.1, 0.15) is 0 Å². The lowest BCUT2D eigenvalue weighted by atomic mass is 10.1. The van der Waals surface area contributed by atoms with Crippen LogP contribution in [0.1, 0.15) is 30.9 Å². The smallest absolute Gasteiger partial charge is 0.0369 e. The van der Waals surface area contributed by atoms with Crippen LogP contribution in [0.3, 0.4) is 0 Å². The molecule has 0 aromatic heterocycles. The second kappa shape index (κ2) is 7.65. The second-order valence-corrected chi connectivity index (χ2v) is 5.93. The third-order valence-corrected chi connectivity index (χ3v) is 4.15. The molecule has 0 atom stereocenters. The van der Waals surface area contributed by atoms with Gasteiger partial charge in [0.25, 0.3) is 0 Å². The van der Waals surface area contributed by atoms with Crippen LogP contribution in [0.5, 0.6) is 0 Å². The summed E-state index contributed by atoms with van der Waals surface area (Å²) in [6.45, 7) is 11.2. The monoisotopic (exact) mass is 275 g/mol. The third kappa shape index (κ3) is 4.22. The zero-order chi connectivity index (χ0) is 14.4. The van der Waals surface area contributed by atoms with Gasteiger partial charge in [-0.1, -0.05) is 13.0 Å². The van der Waals surface area contributed by atoms with E-state index in [-0.39, 0.29) is 0 Å². The van der Waals surface area contributed by atoms with E-state index in [9.17, 15) is 0 Å². The number of benzene rings is 1. The largest absolute Gasteiger partial charge is 0.370 e. The number of nitrogens with zero attached hydrogens (tertiary/aromatic N) is 2. The standard InChI is InChI=1S/C17H29N3/c1-4-8-18-14-16-6-7-17(13-15(16)2)20-10-5-9-19(3)11-12-20/h6-7,13,18H,4-5,8-12,14H2,1-3H3. The number of hydrogen-bond donors (Lipinski definition) is 1. The van der Waals surface area contributed by atoms with Crippen LogP contribution in [0.25, 0.3) is 0 Å². The quantitative estimate of drug-likeness (QED) is 0.834. The first-order valence-electron chi connectivity index (χ1n) is 7.94. The van der Waals surface area contributed by atoms with Crippen molar-refractivity contribution in [1.82, 2.24) is 10.2 Å². The van der Waals surface area contributed by atoms with Crippen molar-refractivity contribution in [2.24, 2.45) is 0 Å². The summed E-state index contributed by atoms with van der Waals surface area (Å²) in [7, 11) is 2.22. The van der Waals surface area contributed by atoms with Crippen LogP contribution < -0.4 is 10.2 Å². The van der Waals surface area contributed by atoms with Crippen molar-refractivity contribution < 1.29 is 0 Å². The van der Waals surface area contributed by atoms with Crippen molar-refractivity contribution in [3.05, 3.63) is 29.3 Å². The Morgan fingerprint density at radius 1 is 1.15 bits per heavy atom. The number of rotatable bonds is 5. The number of anilines is 1. The molecule has 0 unspecified atom stereocenters. The summed E-state index contributed by atoms with van der Waals surface area (Å²) in [5.74, 6) is 0. The maximum Gasteiger partial charge on any atom is 0.0369 e. The van der Waals surface area contributed by atoms with Crippen LogP contribution in [0.4, 0.5) is 5.69 Å². The van der Waals surface area contributed by atoms with Crippen LogP contribution in [0.2, 0.25) is 0 Å². The zero-order valence-electron chi connectivity index (χ0n) is 13.3. The van der Waals surface area contributed by atoms with Crippen molar-refractivity contribution in [2.75, 3.05) is 44.7 Å². The van der Waals surface area contributed by atoms with Crippen molar-refractivity contribution in [2.45, 2.75) is 33.2 Å². The Morgan fingerprint density at radius 2 is 2.00 bits per heavy atom. The summed E-state index contributed by atoms with van der Waals surface area (Å²) in [4.78, 5) is 4.95. The van der Waals surface area contributed by atoms with Gasteiger partial charge >= 0.3 is 0 Å². The molecule has 0 aliphatic carbocycles. The van der Waals surface area contributed by atoms with E-state index in [2.05, 4.69) is 54.2 Å². The predicted octanol–water partition coefficient (Wildman–Crippen LogP) is 2.64. The summed E-state index contributed by atoms with van der Waals surface area (Å²) < 4.78 is 0. The number of aryl methyl sites for hydroxylation is 1. The summed E-state index contributed by atoms with van der Waals surface area (Å²) in [6.07, 6.45) is 2.45. The van der Waals surface area contributed by atoms with Crippen molar-refractivity contribution in [1.29, 1.82) is 0 Å². The lowest BCUT2D eigenvalue weighted by Crippen LogP contribution is -2.28. The first kappa shape index (κ1) is 15.3. The molecule has 1 aromatic carbocycles.